The summed E-state index contributed by atoms with van der Waals surface area (Å²) >= 11 is 0. The molecule has 2 aromatic rings. The fourth-order valence-electron chi connectivity index (χ4n) is 1.83. The van der Waals surface area contributed by atoms with Gasteiger partial charge in [0.05, 0.1) is 5.69 Å². The van der Waals surface area contributed by atoms with E-state index in [9.17, 15) is 0 Å². The Labute approximate surface area is 106 Å². The second-order valence-corrected chi connectivity index (χ2v) is 4.14. The van der Waals surface area contributed by atoms with E-state index < -0.39 is 0 Å². The van der Waals surface area contributed by atoms with Crippen LogP contribution in [-0.4, -0.2) is 26.8 Å². The van der Waals surface area contributed by atoms with E-state index in [1.807, 2.05) is 24.7 Å². The van der Waals surface area contributed by atoms with Gasteiger partial charge in [0, 0.05) is 38.1 Å². The number of aryl methyl sites for hydroxylation is 2. The molecule has 96 valence electrons. The third-order valence-electron chi connectivity index (χ3n) is 2.98. The Morgan fingerprint density at radius 3 is 2.72 bits per heavy atom. The van der Waals surface area contributed by atoms with Crippen LogP contribution in [0.5, 0.6) is 0 Å². The summed E-state index contributed by atoms with van der Waals surface area (Å²) in [5, 5.41) is 10.6. The van der Waals surface area contributed by atoms with Gasteiger partial charge in [0.25, 0.3) is 0 Å². The number of hydrogen-bond donors (Lipinski definition) is 2. The first-order valence-electron chi connectivity index (χ1n) is 5.85. The Bertz CT molecular complexity index is 545. The first kappa shape index (κ1) is 12.3. The second kappa shape index (κ2) is 5.03. The van der Waals surface area contributed by atoms with Gasteiger partial charge in [-0.15, -0.1) is 0 Å². The molecule has 2 aromatic heterocycles. The summed E-state index contributed by atoms with van der Waals surface area (Å²) in [5.74, 6) is 1.41. The molecule has 0 atom stereocenters. The van der Waals surface area contributed by atoms with Crippen LogP contribution in [0.2, 0.25) is 0 Å². The average Bonchev–Trinajstić information content (AvgIpc) is 2.61. The van der Waals surface area contributed by atoms with Gasteiger partial charge in [0.2, 0.25) is 5.95 Å². The predicted molar refractivity (Wildman–Crippen MR) is 71.6 cm³/mol. The maximum absolute atomic E-state index is 4.39. The molecule has 0 saturated heterocycles. The molecule has 0 aromatic carbocycles. The highest BCUT2D eigenvalue weighted by Gasteiger charge is 2.09. The lowest BCUT2D eigenvalue weighted by Gasteiger charge is -2.07. The highest BCUT2D eigenvalue weighted by molar-refractivity contribution is 5.40. The molecule has 0 aliphatic heterocycles. The van der Waals surface area contributed by atoms with E-state index in [0.717, 1.165) is 11.5 Å². The molecule has 0 aliphatic carbocycles. The van der Waals surface area contributed by atoms with Gasteiger partial charge in [-0.05, 0) is 19.9 Å². The zero-order valence-electron chi connectivity index (χ0n) is 11.2. The van der Waals surface area contributed by atoms with Gasteiger partial charge < -0.3 is 10.6 Å². The molecule has 6 heteroatoms. The standard InChI is InChI=1S/C12H18N6/c1-8-10(9(2)18(4)17-8)7-15-11-5-6-14-12(13-3)16-11/h5-6H,7H2,1-4H3,(H2,13,14,15,16). The lowest BCUT2D eigenvalue weighted by molar-refractivity contribution is 0.730. The lowest BCUT2D eigenvalue weighted by Crippen LogP contribution is -2.05. The minimum Gasteiger partial charge on any atom is -0.366 e. The second-order valence-electron chi connectivity index (χ2n) is 4.14. The Hall–Kier alpha value is -2.11. The lowest BCUT2D eigenvalue weighted by atomic mass is 10.2. The summed E-state index contributed by atoms with van der Waals surface area (Å²) in [6.45, 7) is 4.80. The summed E-state index contributed by atoms with van der Waals surface area (Å²) in [6, 6.07) is 1.85. The van der Waals surface area contributed by atoms with Gasteiger partial charge in [-0.2, -0.15) is 10.1 Å². The Balaban J connectivity index is 2.11. The monoisotopic (exact) mass is 246 g/mol. The highest BCUT2D eigenvalue weighted by Crippen LogP contribution is 2.14. The molecule has 0 bridgehead atoms. The zero-order valence-corrected chi connectivity index (χ0v) is 11.2. The van der Waals surface area contributed by atoms with E-state index >= 15 is 0 Å². The Kier molecular flexibility index (Phi) is 3.45. The summed E-state index contributed by atoms with van der Waals surface area (Å²) in [4.78, 5) is 8.39. The van der Waals surface area contributed by atoms with Crippen molar-refractivity contribution in [2.45, 2.75) is 20.4 Å². The number of rotatable bonds is 4. The molecular formula is C12H18N6. The van der Waals surface area contributed by atoms with Crippen molar-refractivity contribution in [1.29, 1.82) is 0 Å². The smallest absolute Gasteiger partial charge is 0.224 e. The van der Waals surface area contributed by atoms with Crippen molar-refractivity contribution in [3.05, 3.63) is 29.2 Å². The molecule has 2 N–H and O–H groups in total. The first-order valence-corrected chi connectivity index (χ1v) is 5.85. The number of aromatic nitrogens is 4. The van der Waals surface area contributed by atoms with Crippen LogP contribution in [0.15, 0.2) is 12.3 Å². The molecule has 0 spiro atoms. The van der Waals surface area contributed by atoms with Crippen molar-refractivity contribution in [2.24, 2.45) is 7.05 Å². The molecule has 6 nitrogen and oxygen atoms in total. The zero-order chi connectivity index (χ0) is 13.1. The van der Waals surface area contributed by atoms with Crippen molar-refractivity contribution in [1.82, 2.24) is 19.7 Å². The largest absolute Gasteiger partial charge is 0.366 e. The van der Waals surface area contributed by atoms with Gasteiger partial charge in [0.1, 0.15) is 5.82 Å². The highest BCUT2D eigenvalue weighted by atomic mass is 15.3. The van der Waals surface area contributed by atoms with Gasteiger partial charge in [-0.3, -0.25) is 4.68 Å². The van der Waals surface area contributed by atoms with Crippen molar-refractivity contribution < 1.29 is 0 Å². The summed E-state index contributed by atoms with van der Waals surface area (Å²) in [5.41, 5.74) is 3.43. The van der Waals surface area contributed by atoms with Crippen molar-refractivity contribution in [3.8, 4) is 0 Å². The van der Waals surface area contributed by atoms with Crippen molar-refractivity contribution >= 4 is 11.8 Å². The molecule has 0 aliphatic rings. The Morgan fingerprint density at radius 2 is 2.11 bits per heavy atom. The molecule has 18 heavy (non-hydrogen) atoms. The van der Waals surface area contributed by atoms with Gasteiger partial charge >= 0.3 is 0 Å². The molecule has 0 amide bonds. The number of nitrogens with one attached hydrogen (secondary N) is 2. The van der Waals surface area contributed by atoms with Crippen LogP contribution >= 0.6 is 0 Å². The summed E-state index contributed by atoms with van der Waals surface area (Å²) in [7, 11) is 3.75. The van der Waals surface area contributed by atoms with Crippen LogP contribution in [-0.2, 0) is 13.6 Å². The molecule has 0 radical (unpaired) electrons. The van der Waals surface area contributed by atoms with Gasteiger partial charge in [-0.25, -0.2) is 4.98 Å². The topological polar surface area (TPSA) is 67.7 Å². The van der Waals surface area contributed by atoms with E-state index in [1.54, 1.807) is 13.2 Å². The van der Waals surface area contributed by atoms with Crippen LogP contribution in [0.25, 0.3) is 0 Å². The fraction of sp³-hybridized carbons (Fsp3) is 0.417. The summed E-state index contributed by atoms with van der Waals surface area (Å²) < 4.78 is 1.89. The van der Waals surface area contributed by atoms with E-state index in [1.165, 1.54) is 11.3 Å². The SMILES string of the molecule is CNc1nccc(NCc2c(C)nn(C)c2C)n1. The minimum atomic E-state index is 0.611. The van der Waals surface area contributed by atoms with Crippen LogP contribution in [0, 0.1) is 13.8 Å². The van der Waals surface area contributed by atoms with Crippen LogP contribution < -0.4 is 10.6 Å². The van der Waals surface area contributed by atoms with Gasteiger partial charge in [-0.1, -0.05) is 0 Å². The van der Waals surface area contributed by atoms with E-state index in [-0.39, 0.29) is 0 Å². The molecule has 0 fully saturated rings. The van der Waals surface area contributed by atoms with Crippen molar-refractivity contribution in [2.75, 3.05) is 17.7 Å². The van der Waals surface area contributed by atoms with Crippen LogP contribution in [0.4, 0.5) is 11.8 Å². The van der Waals surface area contributed by atoms with Gasteiger partial charge in [0.15, 0.2) is 0 Å². The molecule has 2 rings (SSSR count). The average molecular weight is 246 g/mol. The number of hydrogen-bond acceptors (Lipinski definition) is 5. The molecule has 0 unspecified atom stereocenters. The summed E-state index contributed by atoms with van der Waals surface area (Å²) in [6.07, 6.45) is 1.73. The van der Waals surface area contributed by atoms with Crippen LogP contribution in [0.3, 0.4) is 0 Å². The third-order valence-corrected chi connectivity index (χ3v) is 2.98. The van der Waals surface area contributed by atoms with E-state index in [2.05, 4.69) is 32.6 Å². The molecular weight excluding hydrogens is 228 g/mol. The van der Waals surface area contributed by atoms with Crippen LogP contribution in [0.1, 0.15) is 17.0 Å². The van der Waals surface area contributed by atoms with E-state index in [0.29, 0.717) is 12.5 Å². The maximum Gasteiger partial charge on any atom is 0.224 e. The predicted octanol–water partition coefficient (Wildman–Crippen LogP) is 1.48. The fourth-order valence-corrected chi connectivity index (χ4v) is 1.83. The van der Waals surface area contributed by atoms with Crippen molar-refractivity contribution in [3.63, 3.8) is 0 Å². The number of nitrogens with zero attached hydrogens (tertiary/aromatic N) is 4. The molecule has 2 heterocycles. The third kappa shape index (κ3) is 2.42. The normalized spacial score (nSPS) is 10.4. The minimum absolute atomic E-state index is 0.611. The molecule has 0 saturated carbocycles. The quantitative estimate of drug-likeness (QED) is 0.855. The van der Waals surface area contributed by atoms with E-state index in [4.69, 9.17) is 0 Å². The first-order chi connectivity index (χ1) is 8.61. The Morgan fingerprint density at radius 1 is 1.33 bits per heavy atom. The maximum atomic E-state index is 4.39. The number of anilines is 2.